The van der Waals surface area contributed by atoms with Crippen molar-refractivity contribution >= 4 is 5.91 Å². The van der Waals surface area contributed by atoms with Crippen molar-refractivity contribution in [3.8, 4) is 0 Å². The Hall–Kier alpha value is -2.24. The van der Waals surface area contributed by atoms with E-state index >= 15 is 0 Å². The summed E-state index contributed by atoms with van der Waals surface area (Å²) in [6, 6.07) is 4.86. The van der Waals surface area contributed by atoms with E-state index in [2.05, 4.69) is 10.3 Å². The molecule has 2 aromatic rings. The smallest absolute Gasteiger partial charge is 0.225 e. The second kappa shape index (κ2) is 5.87. The van der Waals surface area contributed by atoms with Gasteiger partial charge in [-0.15, -0.1) is 5.10 Å². The van der Waals surface area contributed by atoms with Crippen LogP contribution in [0.5, 0.6) is 0 Å². The number of halogens is 1. The van der Waals surface area contributed by atoms with E-state index in [0.29, 0.717) is 19.4 Å². The highest BCUT2D eigenvalue weighted by molar-refractivity contribution is 5.77. The maximum atomic E-state index is 13.4. The lowest BCUT2D eigenvalue weighted by Crippen LogP contribution is -2.45. The summed E-state index contributed by atoms with van der Waals surface area (Å²) in [6.45, 7) is 4.53. The van der Waals surface area contributed by atoms with Crippen LogP contribution in [0.1, 0.15) is 37.4 Å². The molecule has 0 fully saturated rings. The summed E-state index contributed by atoms with van der Waals surface area (Å²) in [5.41, 5.74) is 2.04. The fourth-order valence-corrected chi connectivity index (χ4v) is 3.26. The SMILES string of the molecule is CC1Cc2cc(F)ccc2C(C)N1C(=O)CCn1ccnn1. The van der Waals surface area contributed by atoms with Crippen LogP contribution in [0.3, 0.4) is 0 Å². The van der Waals surface area contributed by atoms with Gasteiger partial charge in [-0.2, -0.15) is 0 Å². The molecule has 6 heteroatoms. The highest BCUT2D eigenvalue weighted by Gasteiger charge is 2.32. The van der Waals surface area contributed by atoms with Crippen LogP contribution in [-0.2, 0) is 17.8 Å². The standard InChI is InChI=1S/C16H19FN4O/c1-11-9-13-10-14(17)3-4-15(13)12(2)21(11)16(22)5-7-20-8-6-18-19-20/h3-4,6,8,10-12H,5,7,9H2,1-2H3. The van der Waals surface area contributed by atoms with Gasteiger partial charge in [0.2, 0.25) is 5.91 Å². The number of rotatable bonds is 3. The lowest BCUT2D eigenvalue weighted by Gasteiger charge is -2.40. The molecule has 0 aliphatic carbocycles. The molecule has 1 aromatic heterocycles. The number of aromatic nitrogens is 3. The monoisotopic (exact) mass is 302 g/mol. The number of hydrogen-bond donors (Lipinski definition) is 0. The third kappa shape index (κ3) is 2.73. The molecule has 2 heterocycles. The minimum atomic E-state index is -0.218. The van der Waals surface area contributed by atoms with Crippen LogP contribution in [0.15, 0.2) is 30.6 Å². The zero-order valence-electron chi connectivity index (χ0n) is 12.7. The Morgan fingerprint density at radius 2 is 2.23 bits per heavy atom. The van der Waals surface area contributed by atoms with Gasteiger partial charge in [-0.25, -0.2) is 4.39 Å². The van der Waals surface area contributed by atoms with Crippen molar-refractivity contribution in [3.05, 3.63) is 47.5 Å². The van der Waals surface area contributed by atoms with E-state index in [1.165, 1.54) is 6.07 Å². The summed E-state index contributed by atoms with van der Waals surface area (Å²) in [4.78, 5) is 14.5. The van der Waals surface area contributed by atoms with Crippen LogP contribution < -0.4 is 0 Å². The number of carbonyl (C=O) groups excluding carboxylic acids is 1. The molecule has 0 radical (unpaired) electrons. The summed E-state index contributed by atoms with van der Waals surface area (Å²) in [5, 5.41) is 7.60. The topological polar surface area (TPSA) is 51.0 Å². The zero-order valence-corrected chi connectivity index (χ0v) is 12.7. The summed E-state index contributed by atoms with van der Waals surface area (Å²) >= 11 is 0. The van der Waals surface area contributed by atoms with Crippen molar-refractivity contribution in [3.63, 3.8) is 0 Å². The average molecular weight is 302 g/mol. The summed E-state index contributed by atoms with van der Waals surface area (Å²) < 4.78 is 15.0. The Morgan fingerprint density at radius 1 is 1.41 bits per heavy atom. The van der Waals surface area contributed by atoms with Crippen LogP contribution in [0.25, 0.3) is 0 Å². The molecule has 0 N–H and O–H groups in total. The third-order valence-corrected chi connectivity index (χ3v) is 4.28. The minimum Gasteiger partial charge on any atom is -0.333 e. The second-order valence-electron chi connectivity index (χ2n) is 5.79. The number of hydrogen-bond acceptors (Lipinski definition) is 3. The van der Waals surface area contributed by atoms with Gasteiger partial charge in [-0.05, 0) is 43.5 Å². The van der Waals surface area contributed by atoms with Crippen molar-refractivity contribution in [1.29, 1.82) is 0 Å². The van der Waals surface area contributed by atoms with Gasteiger partial charge in [0.1, 0.15) is 5.82 Å². The highest BCUT2D eigenvalue weighted by Crippen LogP contribution is 2.33. The van der Waals surface area contributed by atoms with E-state index in [-0.39, 0.29) is 23.8 Å². The first-order chi connectivity index (χ1) is 10.6. The lowest BCUT2D eigenvalue weighted by atomic mass is 9.89. The number of amides is 1. The molecule has 0 saturated carbocycles. The first-order valence-electron chi connectivity index (χ1n) is 7.50. The fourth-order valence-electron chi connectivity index (χ4n) is 3.26. The molecule has 0 saturated heterocycles. The molecule has 22 heavy (non-hydrogen) atoms. The van der Waals surface area contributed by atoms with E-state index in [1.807, 2.05) is 18.7 Å². The maximum absolute atomic E-state index is 13.4. The van der Waals surface area contributed by atoms with E-state index < -0.39 is 0 Å². The summed E-state index contributed by atoms with van der Waals surface area (Å²) in [7, 11) is 0. The van der Waals surface area contributed by atoms with Crippen LogP contribution in [0.2, 0.25) is 0 Å². The predicted octanol–water partition coefficient (Wildman–Crippen LogP) is 2.34. The van der Waals surface area contributed by atoms with Gasteiger partial charge in [-0.1, -0.05) is 11.3 Å². The number of carbonyl (C=O) groups is 1. The van der Waals surface area contributed by atoms with Gasteiger partial charge in [0.05, 0.1) is 18.8 Å². The summed E-state index contributed by atoms with van der Waals surface area (Å²) in [5.74, 6) is -0.130. The summed E-state index contributed by atoms with van der Waals surface area (Å²) in [6.07, 6.45) is 4.41. The van der Waals surface area contributed by atoms with Crippen molar-refractivity contribution in [2.24, 2.45) is 0 Å². The molecule has 116 valence electrons. The Labute approximate surface area is 128 Å². The molecule has 3 rings (SSSR count). The molecule has 1 aliphatic rings. The number of aryl methyl sites for hydroxylation is 1. The van der Waals surface area contributed by atoms with E-state index in [1.54, 1.807) is 29.2 Å². The number of benzene rings is 1. The molecule has 1 aliphatic heterocycles. The van der Waals surface area contributed by atoms with Crippen molar-refractivity contribution < 1.29 is 9.18 Å². The molecular weight excluding hydrogens is 283 g/mol. The Bertz CT molecular complexity index is 671. The molecular formula is C16H19FN4O. The quantitative estimate of drug-likeness (QED) is 0.874. The molecule has 1 amide bonds. The van der Waals surface area contributed by atoms with E-state index in [0.717, 1.165) is 11.1 Å². The van der Waals surface area contributed by atoms with Gasteiger partial charge in [0.15, 0.2) is 0 Å². The maximum Gasteiger partial charge on any atom is 0.225 e. The number of fused-ring (bicyclic) bond motifs is 1. The Balaban J connectivity index is 1.76. The first-order valence-corrected chi connectivity index (χ1v) is 7.50. The van der Waals surface area contributed by atoms with Crippen LogP contribution in [0, 0.1) is 5.82 Å². The van der Waals surface area contributed by atoms with Crippen LogP contribution in [0.4, 0.5) is 4.39 Å². The second-order valence-corrected chi connectivity index (χ2v) is 5.79. The fraction of sp³-hybridized carbons (Fsp3) is 0.438. The molecule has 0 bridgehead atoms. The van der Waals surface area contributed by atoms with E-state index in [9.17, 15) is 9.18 Å². The van der Waals surface area contributed by atoms with Gasteiger partial charge in [-0.3, -0.25) is 9.48 Å². The molecule has 2 unspecified atom stereocenters. The Morgan fingerprint density at radius 3 is 2.95 bits per heavy atom. The van der Waals surface area contributed by atoms with Crippen LogP contribution >= 0.6 is 0 Å². The largest absolute Gasteiger partial charge is 0.333 e. The van der Waals surface area contributed by atoms with Gasteiger partial charge in [0.25, 0.3) is 0 Å². The molecule has 1 aromatic carbocycles. The van der Waals surface area contributed by atoms with Gasteiger partial charge >= 0.3 is 0 Å². The van der Waals surface area contributed by atoms with Crippen molar-refractivity contribution in [1.82, 2.24) is 19.9 Å². The third-order valence-electron chi connectivity index (χ3n) is 4.28. The van der Waals surface area contributed by atoms with Crippen LogP contribution in [-0.4, -0.2) is 31.8 Å². The van der Waals surface area contributed by atoms with Gasteiger partial charge in [0, 0.05) is 18.7 Å². The van der Waals surface area contributed by atoms with Crippen molar-refractivity contribution in [2.45, 2.75) is 45.3 Å². The lowest BCUT2D eigenvalue weighted by molar-refractivity contribution is -0.136. The predicted molar refractivity (Wildman–Crippen MR) is 79.5 cm³/mol. The van der Waals surface area contributed by atoms with Crippen molar-refractivity contribution in [2.75, 3.05) is 0 Å². The molecule has 5 nitrogen and oxygen atoms in total. The molecule has 0 spiro atoms. The first kappa shape index (κ1) is 14.7. The average Bonchev–Trinajstić information content (AvgIpc) is 2.98. The normalized spacial score (nSPS) is 20.8. The Kier molecular flexibility index (Phi) is 3.92. The highest BCUT2D eigenvalue weighted by atomic mass is 19.1. The van der Waals surface area contributed by atoms with Gasteiger partial charge < -0.3 is 4.90 Å². The zero-order chi connectivity index (χ0) is 15.7. The minimum absolute atomic E-state index is 0.0393. The number of nitrogens with zero attached hydrogens (tertiary/aromatic N) is 4. The molecule has 2 atom stereocenters. The van der Waals surface area contributed by atoms with E-state index in [4.69, 9.17) is 0 Å².